The number of nitrogen functional groups attached to an aromatic ring is 1. The fourth-order valence-electron chi connectivity index (χ4n) is 2.37. The summed E-state index contributed by atoms with van der Waals surface area (Å²) in [6, 6.07) is 5.36. The van der Waals surface area contributed by atoms with E-state index in [2.05, 4.69) is 11.6 Å². The number of anilines is 2. The number of aromatic carboxylic acids is 1. The minimum atomic E-state index is -0.941. The Morgan fingerprint density at radius 3 is 2.89 bits per heavy atom. The first-order valence-corrected chi connectivity index (χ1v) is 7.31. The predicted molar refractivity (Wildman–Crippen MR) is 76.4 cm³/mol. The number of hydrogen-bond donors (Lipinski definition) is 3. The van der Waals surface area contributed by atoms with Gasteiger partial charge < -0.3 is 16.2 Å². The van der Waals surface area contributed by atoms with Gasteiger partial charge in [0.15, 0.2) is 0 Å². The normalized spacial score (nSPS) is 22.9. The lowest BCUT2D eigenvalue weighted by molar-refractivity contribution is 0.0698. The van der Waals surface area contributed by atoms with Gasteiger partial charge in [-0.15, -0.1) is 0 Å². The summed E-state index contributed by atoms with van der Waals surface area (Å²) in [5.74, 6) is -0.941. The molecule has 0 amide bonds. The van der Waals surface area contributed by atoms with E-state index in [0.29, 0.717) is 22.7 Å². The van der Waals surface area contributed by atoms with Crippen molar-refractivity contribution in [2.75, 3.05) is 17.3 Å². The molecule has 0 saturated heterocycles. The number of benzene rings is 1. The molecule has 0 aliphatic heterocycles. The van der Waals surface area contributed by atoms with E-state index in [9.17, 15) is 4.79 Å². The van der Waals surface area contributed by atoms with E-state index >= 15 is 0 Å². The molecule has 2 atom stereocenters. The molecule has 1 saturated carbocycles. The van der Waals surface area contributed by atoms with Crippen molar-refractivity contribution in [2.45, 2.75) is 30.6 Å². The highest BCUT2D eigenvalue weighted by Crippen LogP contribution is 2.31. The first-order chi connectivity index (χ1) is 8.60. The van der Waals surface area contributed by atoms with Crippen LogP contribution in [-0.2, 0) is 0 Å². The van der Waals surface area contributed by atoms with Gasteiger partial charge in [0, 0.05) is 22.7 Å². The maximum absolute atomic E-state index is 11.2. The van der Waals surface area contributed by atoms with E-state index in [4.69, 9.17) is 10.8 Å². The standard InChI is InChI=1S/C13H18N2O2S/c1-18-10-4-3-9(7-10)15-12-5-2-8(14)6-11(12)13(16)17/h2,5-6,9-10,15H,3-4,7,14H2,1H3,(H,16,17). The third kappa shape index (κ3) is 2.90. The summed E-state index contributed by atoms with van der Waals surface area (Å²) in [7, 11) is 0. The zero-order valence-corrected chi connectivity index (χ0v) is 11.2. The molecule has 1 aromatic carbocycles. The number of thioether (sulfide) groups is 1. The van der Waals surface area contributed by atoms with Gasteiger partial charge in [-0.2, -0.15) is 11.8 Å². The Balaban J connectivity index is 2.12. The maximum Gasteiger partial charge on any atom is 0.337 e. The van der Waals surface area contributed by atoms with Gasteiger partial charge in [0.2, 0.25) is 0 Å². The van der Waals surface area contributed by atoms with Crippen LogP contribution in [0.2, 0.25) is 0 Å². The first kappa shape index (κ1) is 13.1. The van der Waals surface area contributed by atoms with Crippen LogP contribution < -0.4 is 11.1 Å². The second-order valence-corrected chi connectivity index (χ2v) is 5.76. The highest BCUT2D eigenvalue weighted by molar-refractivity contribution is 7.99. The van der Waals surface area contributed by atoms with Crippen molar-refractivity contribution in [1.82, 2.24) is 0 Å². The van der Waals surface area contributed by atoms with Crippen LogP contribution in [0.5, 0.6) is 0 Å². The van der Waals surface area contributed by atoms with Gasteiger partial charge in [-0.3, -0.25) is 0 Å². The number of nitrogens with two attached hydrogens (primary N) is 1. The zero-order chi connectivity index (χ0) is 13.1. The smallest absolute Gasteiger partial charge is 0.337 e. The Hall–Kier alpha value is -1.36. The van der Waals surface area contributed by atoms with Crippen molar-refractivity contribution >= 4 is 29.1 Å². The highest BCUT2D eigenvalue weighted by Gasteiger charge is 2.24. The van der Waals surface area contributed by atoms with E-state index < -0.39 is 5.97 Å². The zero-order valence-electron chi connectivity index (χ0n) is 10.3. The molecule has 2 unspecified atom stereocenters. The van der Waals surface area contributed by atoms with E-state index in [0.717, 1.165) is 12.8 Å². The van der Waals surface area contributed by atoms with Gasteiger partial charge in [-0.25, -0.2) is 4.79 Å². The molecule has 5 heteroatoms. The molecular weight excluding hydrogens is 248 g/mol. The van der Waals surface area contributed by atoms with Crippen molar-refractivity contribution in [3.8, 4) is 0 Å². The van der Waals surface area contributed by atoms with Crippen LogP contribution in [0.15, 0.2) is 18.2 Å². The molecule has 1 fully saturated rings. The molecule has 18 heavy (non-hydrogen) atoms. The minimum Gasteiger partial charge on any atom is -0.478 e. The summed E-state index contributed by atoms with van der Waals surface area (Å²) in [5, 5.41) is 13.2. The number of nitrogens with one attached hydrogen (secondary N) is 1. The average molecular weight is 266 g/mol. The summed E-state index contributed by atoms with van der Waals surface area (Å²) in [6.45, 7) is 0. The molecule has 1 aliphatic rings. The van der Waals surface area contributed by atoms with E-state index in [1.54, 1.807) is 12.1 Å². The van der Waals surface area contributed by atoms with Crippen LogP contribution in [0, 0.1) is 0 Å². The molecule has 2 rings (SSSR count). The van der Waals surface area contributed by atoms with Crippen LogP contribution in [0.3, 0.4) is 0 Å². The molecule has 0 aromatic heterocycles. The molecule has 0 radical (unpaired) electrons. The number of hydrogen-bond acceptors (Lipinski definition) is 4. The third-order valence-corrected chi connectivity index (χ3v) is 4.45. The lowest BCUT2D eigenvalue weighted by Crippen LogP contribution is -2.18. The maximum atomic E-state index is 11.2. The lowest BCUT2D eigenvalue weighted by atomic mass is 10.1. The Morgan fingerprint density at radius 1 is 1.50 bits per heavy atom. The second kappa shape index (κ2) is 5.52. The van der Waals surface area contributed by atoms with Gasteiger partial charge in [-0.05, 0) is 43.7 Å². The quantitative estimate of drug-likeness (QED) is 0.730. The molecule has 1 aliphatic carbocycles. The topological polar surface area (TPSA) is 75.3 Å². The van der Waals surface area contributed by atoms with Gasteiger partial charge in [0.1, 0.15) is 0 Å². The Morgan fingerprint density at radius 2 is 2.28 bits per heavy atom. The van der Waals surface area contributed by atoms with E-state index in [1.807, 2.05) is 11.8 Å². The molecule has 4 nitrogen and oxygen atoms in total. The Bertz CT molecular complexity index is 451. The minimum absolute atomic E-state index is 0.252. The van der Waals surface area contributed by atoms with Crippen molar-refractivity contribution < 1.29 is 9.90 Å². The van der Waals surface area contributed by atoms with Crippen LogP contribution in [0.4, 0.5) is 11.4 Å². The van der Waals surface area contributed by atoms with Gasteiger partial charge >= 0.3 is 5.97 Å². The Kier molecular flexibility index (Phi) is 4.01. The van der Waals surface area contributed by atoms with Crippen molar-refractivity contribution in [2.24, 2.45) is 0 Å². The largest absolute Gasteiger partial charge is 0.478 e. The molecule has 4 N–H and O–H groups in total. The number of rotatable bonds is 4. The van der Waals surface area contributed by atoms with Gasteiger partial charge in [0.25, 0.3) is 0 Å². The molecular formula is C13H18N2O2S. The Labute approximate surface area is 111 Å². The first-order valence-electron chi connectivity index (χ1n) is 6.02. The fourth-order valence-corrected chi connectivity index (χ4v) is 3.17. The molecule has 0 heterocycles. The highest BCUT2D eigenvalue weighted by atomic mass is 32.2. The van der Waals surface area contributed by atoms with Crippen LogP contribution in [-0.4, -0.2) is 28.6 Å². The predicted octanol–water partition coefficient (Wildman–Crippen LogP) is 2.66. The summed E-state index contributed by atoms with van der Waals surface area (Å²) in [4.78, 5) is 11.2. The summed E-state index contributed by atoms with van der Waals surface area (Å²) >= 11 is 1.88. The van der Waals surface area contributed by atoms with Gasteiger partial charge in [-0.1, -0.05) is 0 Å². The van der Waals surface area contributed by atoms with E-state index in [1.165, 1.54) is 12.5 Å². The van der Waals surface area contributed by atoms with Crippen LogP contribution in [0.25, 0.3) is 0 Å². The molecule has 98 valence electrons. The third-order valence-electron chi connectivity index (χ3n) is 3.35. The molecule has 1 aromatic rings. The summed E-state index contributed by atoms with van der Waals surface area (Å²) < 4.78 is 0. The van der Waals surface area contributed by atoms with Gasteiger partial charge in [0.05, 0.1) is 5.56 Å². The van der Waals surface area contributed by atoms with Crippen molar-refractivity contribution in [1.29, 1.82) is 0 Å². The van der Waals surface area contributed by atoms with Crippen LogP contribution >= 0.6 is 11.8 Å². The summed E-state index contributed by atoms with van der Waals surface area (Å²) in [5.41, 5.74) is 7.02. The van der Waals surface area contributed by atoms with Crippen molar-refractivity contribution in [3.63, 3.8) is 0 Å². The monoisotopic (exact) mass is 266 g/mol. The molecule has 0 bridgehead atoms. The lowest BCUT2D eigenvalue weighted by Gasteiger charge is -2.16. The van der Waals surface area contributed by atoms with Crippen LogP contribution in [0.1, 0.15) is 29.6 Å². The number of carbonyl (C=O) groups is 1. The SMILES string of the molecule is CSC1CCC(Nc2ccc(N)cc2C(=O)O)C1. The number of carboxylic acids is 1. The fraction of sp³-hybridized carbons (Fsp3) is 0.462. The summed E-state index contributed by atoms with van der Waals surface area (Å²) in [6.07, 6.45) is 5.49. The average Bonchev–Trinajstić information content (AvgIpc) is 2.79. The van der Waals surface area contributed by atoms with E-state index in [-0.39, 0.29) is 5.56 Å². The van der Waals surface area contributed by atoms with Crippen molar-refractivity contribution in [3.05, 3.63) is 23.8 Å². The second-order valence-electron chi connectivity index (χ2n) is 4.62. The number of carboxylic acid groups (broad SMARTS) is 1. The molecule has 0 spiro atoms.